The molecule has 1 aliphatic rings. The first-order chi connectivity index (χ1) is 13.0. The maximum Gasteiger partial charge on any atom is 0.416 e. The number of rotatable bonds is 6. The van der Waals surface area contributed by atoms with Gasteiger partial charge in [0.1, 0.15) is 6.26 Å². The van der Waals surface area contributed by atoms with E-state index in [1.165, 1.54) is 20.2 Å². The van der Waals surface area contributed by atoms with E-state index in [9.17, 15) is 26.4 Å². The molecule has 0 atom stereocenters. The summed E-state index contributed by atoms with van der Waals surface area (Å²) >= 11 is 0. The quantitative estimate of drug-likeness (QED) is 0.748. The predicted molar refractivity (Wildman–Crippen MR) is 93.3 cm³/mol. The SMILES string of the molecule is CN(C)S(=O)(=O)NC(=O)c1coc(Nc2cc(C(F)(F)F)ccc2C2CC2)n1. The number of anilines is 2. The lowest BCUT2D eigenvalue weighted by Gasteiger charge is -2.13. The van der Waals surface area contributed by atoms with Crippen LogP contribution in [-0.2, 0) is 16.4 Å². The van der Waals surface area contributed by atoms with Crippen molar-refractivity contribution < 1.29 is 30.8 Å². The summed E-state index contributed by atoms with van der Waals surface area (Å²) in [5.74, 6) is -0.885. The largest absolute Gasteiger partial charge is 0.431 e. The number of carbonyl (C=O) groups is 1. The van der Waals surface area contributed by atoms with Crippen molar-refractivity contribution in [2.75, 3.05) is 19.4 Å². The average molecular weight is 418 g/mol. The van der Waals surface area contributed by atoms with Gasteiger partial charge in [0.15, 0.2) is 5.69 Å². The molecule has 0 saturated heterocycles. The number of aromatic nitrogens is 1. The zero-order chi connectivity index (χ0) is 20.7. The van der Waals surface area contributed by atoms with Gasteiger partial charge in [0.25, 0.3) is 11.9 Å². The molecule has 1 aromatic heterocycles. The van der Waals surface area contributed by atoms with Crippen LogP contribution >= 0.6 is 0 Å². The number of hydrogen-bond acceptors (Lipinski definition) is 6. The molecule has 12 heteroatoms. The monoisotopic (exact) mass is 418 g/mol. The van der Waals surface area contributed by atoms with E-state index < -0.39 is 27.9 Å². The maximum absolute atomic E-state index is 13.0. The highest BCUT2D eigenvalue weighted by Gasteiger charge is 2.33. The van der Waals surface area contributed by atoms with Crippen LogP contribution in [0.3, 0.4) is 0 Å². The van der Waals surface area contributed by atoms with Crippen LogP contribution in [-0.4, -0.2) is 37.7 Å². The van der Waals surface area contributed by atoms with Crippen LogP contribution in [0.15, 0.2) is 28.9 Å². The van der Waals surface area contributed by atoms with Gasteiger partial charge >= 0.3 is 16.4 Å². The molecule has 1 fully saturated rings. The first-order valence-corrected chi connectivity index (χ1v) is 9.59. The molecule has 1 aromatic carbocycles. The number of oxazole rings is 1. The van der Waals surface area contributed by atoms with Crippen LogP contribution < -0.4 is 10.0 Å². The topological polar surface area (TPSA) is 105 Å². The van der Waals surface area contributed by atoms with Crippen LogP contribution in [0.4, 0.5) is 24.9 Å². The molecule has 0 bridgehead atoms. The van der Waals surface area contributed by atoms with Gasteiger partial charge in [-0.1, -0.05) is 6.07 Å². The minimum Gasteiger partial charge on any atom is -0.431 e. The Hall–Kier alpha value is -2.60. The number of amides is 1. The number of halogens is 3. The third-order valence-corrected chi connectivity index (χ3v) is 5.48. The molecule has 1 amide bonds. The Labute approximate surface area is 158 Å². The summed E-state index contributed by atoms with van der Waals surface area (Å²) in [6.45, 7) is 0. The summed E-state index contributed by atoms with van der Waals surface area (Å²) in [7, 11) is -1.55. The molecule has 8 nitrogen and oxygen atoms in total. The van der Waals surface area contributed by atoms with Gasteiger partial charge in [0, 0.05) is 19.8 Å². The molecule has 1 saturated carbocycles. The smallest absolute Gasteiger partial charge is 0.416 e. The molecular formula is C16H17F3N4O4S. The highest BCUT2D eigenvalue weighted by Crippen LogP contribution is 2.45. The second kappa shape index (κ2) is 7.09. The Balaban J connectivity index is 1.82. The van der Waals surface area contributed by atoms with Gasteiger partial charge in [0.05, 0.1) is 5.56 Å². The zero-order valence-electron chi connectivity index (χ0n) is 14.9. The third-order valence-electron chi connectivity index (χ3n) is 4.08. The third kappa shape index (κ3) is 4.44. The van der Waals surface area contributed by atoms with Crippen molar-refractivity contribution >= 4 is 27.8 Å². The van der Waals surface area contributed by atoms with Gasteiger partial charge in [0.2, 0.25) is 0 Å². The van der Waals surface area contributed by atoms with Crippen molar-refractivity contribution in [3.05, 3.63) is 41.3 Å². The fourth-order valence-electron chi connectivity index (χ4n) is 2.40. The van der Waals surface area contributed by atoms with Crippen molar-refractivity contribution in [1.82, 2.24) is 14.0 Å². The van der Waals surface area contributed by atoms with Crippen molar-refractivity contribution in [3.8, 4) is 0 Å². The normalized spacial score (nSPS) is 14.9. The maximum atomic E-state index is 13.0. The first kappa shape index (κ1) is 20.1. The minimum absolute atomic E-state index is 0.146. The molecule has 0 spiro atoms. The van der Waals surface area contributed by atoms with E-state index >= 15 is 0 Å². The Morgan fingerprint density at radius 3 is 2.54 bits per heavy atom. The van der Waals surface area contributed by atoms with Crippen molar-refractivity contribution in [2.24, 2.45) is 0 Å². The predicted octanol–water partition coefficient (Wildman–Crippen LogP) is 2.85. The molecule has 152 valence electrons. The van der Waals surface area contributed by atoms with E-state index in [1.54, 1.807) is 4.72 Å². The van der Waals surface area contributed by atoms with E-state index in [4.69, 9.17) is 4.42 Å². The molecule has 28 heavy (non-hydrogen) atoms. The number of hydrogen-bond donors (Lipinski definition) is 2. The van der Waals surface area contributed by atoms with Gasteiger partial charge < -0.3 is 9.73 Å². The second-order valence-corrected chi connectivity index (χ2v) is 8.34. The summed E-state index contributed by atoms with van der Waals surface area (Å²) in [5, 5.41) is 2.65. The Kier molecular flexibility index (Phi) is 5.10. The van der Waals surface area contributed by atoms with Crippen LogP contribution in [0.25, 0.3) is 0 Å². The van der Waals surface area contributed by atoms with Crippen LogP contribution in [0.5, 0.6) is 0 Å². The van der Waals surface area contributed by atoms with Crippen molar-refractivity contribution in [3.63, 3.8) is 0 Å². The Morgan fingerprint density at radius 1 is 1.29 bits per heavy atom. The molecule has 3 rings (SSSR count). The van der Waals surface area contributed by atoms with E-state index in [1.807, 2.05) is 0 Å². The van der Waals surface area contributed by atoms with Gasteiger partial charge in [-0.25, -0.2) is 4.72 Å². The van der Waals surface area contributed by atoms with E-state index in [-0.39, 0.29) is 23.3 Å². The van der Waals surface area contributed by atoms with Crippen LogP contribution in [0.1, 0.15) is 40.4 Å². The summed E-state index contributed by atoms with van der Waals surface area (Å²) < 4.78 is 70.0. The van der Waals surface area contributed by atoms with Crippen LogP contribution in [0, 0.1) is 0 Å². The van der Waals surface area contributed by atoms with Gasteiger partial charge in [-0.15, -0.1) is 0 Å². The molecule has 0 aliphatic heterocycles. The zero-order valence-corrected chi connectivity index (χ0v) is 15.7. The number of nitrogens with zero attached hydrogens (tertiary/aromatic N) is 2. The molecule has 0 radical (unpaired) electrons. The number of alkyl halides is 3. The van der Waals surface area contributed by atoms with Gasteiger partial charge in [-0.05, 0) is 36.5 Å². The molecule has 2 aromatic rings. The average Bonchev–Trinajstić information content (AvgIpc) is 3.32. The van der Waals surface area contributed by atoms with Gasteiger partial charge in [-0.2, -0.15) is 30.9 Å². The van der Waals surface area contributed by atoms with Crippen molar-refractivity contribution in [2.45, 2.75) is 24.9 Å². The molecule has 1 heterocycles. The lowest BCUT2D eigenvalue weighted by Crippen LogP contribution is -2.39. The lowest BCUT2D eigenvalue weighted by molar-refractivity contribution is -0.137. The Bertz CT molecular complexity index is 998. The second-order valence-electron chi connectivity index (χ2n) is 6.46. The summed E-state index contributed by atoms with van der Waals surface area (Å²) in [6, 6.07) is 3.14. The highest BCUT2D eigenvalue weighted by atomic mass is 32.2. The number of nitrogens with one attached hydrogen (secondary N) is 2. The molecule has 0 unspecified atom stereocenters. The fourth-order valence-corrected chi connectivity index (χ4v) is 2.92. The van der Waals surface area contributed by atoms with Crippen molar-refractivity contribution in [1.29, 1.82) is 0 Å². The highest BCUT2D eigenvalue weighted by molar-refractivity contribution is 7.87. The summed E-state index contributed by atoms with van der Waals surface area (Å²) in [4.78, 5) is 15.8. The fraction of sp³-hybridized carbons (Fsp3) is 0.375. The molecule has 1 aliphatic carbocycles. The molecular weight excluding hydrogens is 401 g/mol. The van der Waals surface area contributed by atoms with Crippen LogP contribution in [0.2, 0.25) is 0 Å². The number of carbonyl (C=O) groups excluding carboxylic acids is 1. The Morgan fingerprint density at radius 2 is 1.96 bits per heavy atom. The lowest BCUT2D eigenvalue weighted by atomic mass is 10.0. The first-order valence-electron chi connectivity index (χ1n) is 8.15. The van der Waals surface area contributed by atoms with E-state index in [0.717, 1.165) is 35.5 Å². The van der Waals surface area contributed by atoms with E-state index in [0.29, 0.717) is 5.56 Å². The van der Waals surface area contributed by atoms with E-state index in [2.05, 4.69) is 10.3 Å². The number of benzene rings is 1. The summed E-state index contributed by atoms with van der Waals surface area (Å²) in [5.41, 5.74) is -0.312. The molecule has 2 N–H and O–H groups in total. The van der Waals surface area contributed by atoms with Gasteiger partial charge in [-0.3, -0.25) is 4.79 Å². The minimum atomic E-state index is -4.51. The standard InChI is InChI=1S/C16H17F3N4O4S/c1-23(2)28(25,26)22-14(24)13-8-27-15(21-13)20-12-7-10(16(17,18)19)5-6-11(12)9-3-4-9/h5-9H,3-4H2,1-2H3,(H,20,21)(H,22,24). The summed E-state index contributed by atoms with van der Waals surface area (Å²) in [6.07, 6.45) is -1.88.